The van der Waals surface area contributed by atoms with Crippen molar-refractivity contribution < 1.29 is 5.11 Å². The van der Waals surface area contributed by atoms with Gasteiger partial charge in [0.25, 0.3) is 0 Å². The minimum absolute atomic E-state index is 0.165. The quantitative estimate of drug-likeness (QED) is 0.818. The Morgan fingerprint density at radius 3 is 2.11 bits per heavy atom. The zero-order valence-corrected chi connectivity index (χ0v) is 12.2. The first kappa shape index (κ1) is 13.5. The van der Waals surface area contributed by atoms with Gasteiger partial charge in [0.1, 0.15) is 0 Å². The maximum Gasteiger partial charge on any atom is 0.0924 e. The summed E-state index contributed by atoms with van der Waals surface area (Å²) in [4.78, 5) is 4.20. The van der Waals surface area contributed by atoms with Gasteiger partial charge in [0.05, 0.1) is 5.60 Å². The highest BCUT2D eigenvalue weighted by Crippen LogP contribution is 2.54. The highest BCUT2D eigenvalue weighted by Gasteiger charge is 2.47. The van der Waals surface area contributed by atoms with Crippen molar-refractivity contribution in [1.82, 2.24) is 4.98 Å². The third kappa shape index (κ3) is 2.59. The molecule has 1 aromatic heterocycles. The third-order valence-electron chi connectivity index (χ3n) is 4.04. The number of pyridine rings is 1. The Hall–Kier alpha value is -0.890. The highest BCUT2D eigenvalue weighted by atomic mass is 16.3. The van der Waals surface area contributed by atoms with Crippen molar-refractivity contribution in [2.75, 3.05) is 0 Å². The fourth-order valence-corrected chi connectivity index (χ4v) is 4.21. The van der Waals surface area contributed by atoms with E-state index in [1.54, 1.807) is 6.20 Å². The lowest BCUT2D eigenvalue weighted by Crippen LogP contribution is -2.44. The molecule has 1 saturated carbocycles. The van der Waals surface area contributed by atoms with Crippen LogP contribution in [0.25, 0.3) is 0 Å². The van der Waals surface area contributed by atoms with E-state index < -0.39 is 5.60 Å². The summed E-state index contributed by atoms with van der Waals surface area (Å²) in [6, 6.07) is 1.99. The predicted octanol–water partition coefficient (Wildman–Crippen LogP) is 3.81. The fraction of sp³-hybridized carbons (Fsp3) is 0.688. The first-order chi connectivity index (χ1) is 8.14. The maximum atomic E-state index is 11.2. The molecule has 1 aliphatic rings. The molecule has 100 valence electrons. The summed E-state index contributed by atoms with van der Waals surface area (Å²) < 4.78 is 0. The standard InChI is InChI=1S/C16H25NO/c1-12-6-7-17-8-13(12)16(18)10-14(2,3)9-15(4,5)11-16/h6-8,18H,9-11H2,1-5H3. The Kier molecular flexibility index (Phi) is 3.05. The van der Waals surface area contributed by atoms with Gasteiger partial charge in [0.15, 0.2) is 0 Å². The Balaban J connectivity index is 2.45. The highest BCUT2D eigenvalue weighted by molar-refractivity contribution is 5.29. The van der Waals surface area contributed by atoms with E-state index in [4.69, 9.17) is 0 Å². The molecule has 2 heteroatoms. The first-order valence-electron chi connectivity index (χ1n) is 6.77. The lowest BCUT2D eigenvalue weighted by molar-refractivity contribution is -0.0918. The predicted molar refractivity (Wildman–Crippen MR) is 74.3 cm³/mol. The van der Waals surface area contributed by atoms with Gasteiger partial charge in [0, 0.05) is 18.0 Å². The summed E-state index contributed by atoms with van der Waals surface area (Å²) in [5, 5.41) is 11.2. The summed E-state index contributed by atoms with van der Waals surface area (Å²) in [5.41, 5.74) is 1.74. The third-order valence-corrected chi connectivity index (χ3v) is 4.04. The molecule has 0 saturated heterocycles. The van der Waals surface area contributed by atoms with Crippen molar-refractivity contribution in [3.05, 3.63) is 29.6 Å². The van der Waals surface area contributed by atoms with Crippen LogP contribution in [0, 0.1) is 17.8 Å². The zero-order chi connectivity index (χ0) is 13.6. The van der Waals surface area contributed by atoms with Crippen molar-refractivity contribution in [1.29, 1.82) is 0 Å². The van der Waals surface area contributed by atoms with Gasteiger partial charge in [-0.15, -0.1) is 0 Å². The normalized spacial score (nSPS) is 24.8. The van der Waals surface area contributed by atoms with Crippen LogP contribution in [-0.2, 0) is 5.60 Å². The molecule has 0 radical (unpaired) electrons. The maximum absolute atomic E-state index is 11.2. The molecule has 0 amide bonds. The van der Waals surface area contributed by atoms with Gasteiger partial charge in [0.2, 0.25) is 0 Å². The Morgan fingerprint density at radius 2 is 1.61 bits per heavy atom. The monoisotopic (exact) mass is 247 g/mol. The van der Waals surface area contributed by atoms with Crippen LogP contribution >= 0.6 is 0 Å². The van der Waals surface area contributed by atoms with Gasteiger partial charge in [-0.2, -0.15) is 0 Å². The topological polar surface area (TPSA) is 33.1 Å². The number of aliphatic hydroxyl groups is 1. The lowest BCUT2D eigenvalue weighted by Gasteiger charge is -2.50. The number of hydrogen-bond acceptors (Lipinski definition) is 2. The molecule has 0 aromatic carbocycles. The van der Waals surface area contributed by atoms with Crippen molar-refractivity contribution in [2.24, 2.45) is 10.8 Å². The molecule has 2 rings (SSSR count). The van der Waals surface area contributed by atoms with E-state index in [0.717, 1.165) is 30.4 Å². The van der Waals surface area contributed by atoms with Crippen molar-refractivity contribution >= 4 is 0 Å². The summed E-state index contributed by atoms with van der Waals surface area (Å²) in [6.07, 6.45) is 6.42. The first-order valence-corrected chi connectivity index (χ1v) is 6.77. The van der Waals surface area contributed by atoms with Crippen molar-refractivity contribution in [3.63, 3.8) is 0 Å². The molecule has 1 fully saturated rings. The average molecular weight is 247 g/mol. The van der Waals surface area contributed by atoms with Crippen LogP contribution in [0.4, 0.5) is 0 Å². The fourth-order valence-electron chi connectivity index (χ4n) is 4.21. The summed E-state index contributed by atoms with van der Waals surface area (Å²) in [6.45, 7) is 11.1. The van der Waals surface area contributed by atoms with Gasteiger partial charge < -0.3 is 5.11 Å². The van der Waals surface area contributed by atoms with Crippen LogP contribution in [0.3, 0.4) is 0 Å². The van der Waals surface area contributed by atoms with Crippen molar-refractivity contribution in [3.8, 4) is 0 Å². The molecular weight excluding hydrogens is 222 g/mol. The molecule has 1 N–H and O–H groups in total. The molecule has 1 heterocycles. The lowest BCUT2D eigenvalue weighted by atomic mass is 9.58. The number of hydrogen-bond donors (Lipinski definition) is 1. The smallest absolute Gasteiger partial charge is 0.0924 e. The molecule has 1 aliphatic carbocycles. The van der Waals surface area contributed by atoms with Crippen LogP contribution in [0.15, 0.2) is 18.5 Å². The number of nitrogens with zero attached hydrogens (tertiary/aromatic N) is 1. The van der Waals surface area contributed by atoms with Crippen LogP contribution in [0.1, 0.15) is 58.1 Å². The zero-order valence-electron chi connectivity index (χ0n) is 12.2. The second-order valence-electron chi connectivity index (χ2n) is 7.58. The summed E-state index contributed by atoms with van der Waals surface area (Å²) in [7, 11) is 0. The number of aromatic nitrogens is 1. The summed E-state index contributed by atoms with van der Waals surface area (Å²) >= 11 is 0. The van der Waals surface area contributed by atoms with Crippen LogP contribution in [0.2, 0.25) is 0 Å². The molecule has 0 spiro atoms. The Bertz CT molecular complexity index is 432. The SMILES string of the molecule is Cc1ccncc1C1(O)CC(C)(C)CC(C)(C)C1. The second-order valence-corrected chi connectivity index (χ2v) is 7.58. The average Bonchev–Trinajstić information content (AvgIpc) is 2.11. The van der Waals surface area contributed by atoms with E-state index in [2.05, 4.69) is 39.6 Å². The van der Waals surface area contributed by atoms with E-state index in [9.17, 15) is 5.11 Å². The molecule has 0 atom stereocenters. The van der Waals surface area contributed by atoms with Gasteiger partial charge >= 0.3 is 0 Å². The van der Waals surface area contributed by atoms with E-state index in [-0.39, 0.29) is 10.8 Å². The van der Waals surface area contributed by atoms with E-state index in [1.807, 2.05) is 12.3 Å². The number of aryl methyl sites for hydroxylation is 1. The molecule has 0 bridgehead atoms. The largest absolute Gasteiger partial charge is 0.385 e. The molecule has 0 unspecified atom stereocenters. The van der Waals surface area contributed by atoms with Crippen LogP contribution < -0.4 is 0 Å². The molecule has 18 heavy (non-hydrogen) atoms. The Morgan fingerprint density at radius 1 is 1.06 bits per heavy atom. The van der Waals surface area contributed by atoms with Gasteiger partial charge in [-0.05, 0) is 48.6 Å². The molecule has 1 aromatic rings. The minimum atomic E-state index is -0.733. The minimum Gasteiger partial charge on any atom is -0.385 e. The van der Waals surface area contributed by atoms with E-state index >= 15 is 0 Å². The van der Waals surface area contributed by atoms with E-state index in [0.29, 0.717) is 0 Å². The molecule has 0 aliphatic heterocycles. The molecular formula is C16H25NO. The Labute approximate surface area is 110 Å². The van der Waals surface area contributed by atoms with Gasteiger partial charge in [-0.3, -0.25) is 4.98 Å². The van der Waals surface area contributed by atoms with Gasteiger partial charge in [-0.1, -0.05) is 27.7 Å². The van der Waals surface area contributed by atoms with Crippen molar-refractivity contribution in [2.45, 2.75) is 59.5 Å². The number of rotatable bonds is 1. The van der Waals surface area contributed by atoms with Gasteiger partial charge in [-0.25, -0.2) is 0 Å². The van der Waals surface area contributed by atoms with Crippen LogP contribution in [-0.4, -0.2) is 10.1 Å². The second kappa shape index (κ2) is 4.06. The molecule has 2 nitrogen and oxygen atoms in total. The van der Waals surface area contributed by atoms with E-state index in [1.165, 1.54) is 0 Å². The summed E-state index contributed by atoms with van der Waals surface area (Å²) in [5.74, 6) is 0. The van der Waals surface area contributed by atoms with Crippen LogP contribution in [0.5, 0.6) is 0 Å².